The zero-order chi connectivity index (χ0) is 18.5. The van der Waals surface area contributed by atoms with Gasteiger partial charge in [-0.15, -0.1) is 0 Å². The summed E-state index contributed by atoms with van der Waals surface area (Å²) in [6.07, 6.45) is 0. The van der Waals surface area contributed by atoms with Gasteiger partial charge in [0.2, 0.25) is 0 Å². The van der Waals surface area contributed by atoms with Crippen LogP contribution in [0.15, 0.2) is 48.5 Å². The molecule has 0 aromatic heterocycles. The number of para-hydroxylation sites is 2. The van der Waals surface area contributed by atoms with Gasteiger partial charge in [-0.25, -0.2) is 4.39 Å². The zero-order valence-electron chi connectivity index (χ0n) is 15.2. The lowest BCUT2D eigenvalue weighted by Gasteiger charge is -2.36. The maximum Gasteiger partial charge on any atom is 0.282 e. The Morgan fingerprint density at radius 2 is 1.81 bits per heavy atom. The highest BCUT2D eigenvalue weighted by atomic mass is 19.1. The molecule has 6 heteroatoms. The number of methoxy groups -OCH3 is 1. The number of halogens is 1. The number of amides is 1. The van der Waals surface area contributed by atoms with Crippen LogP contribution < -0.4 is 19.9 Å². The van der Waals surface area contributed by atoms with Crippen LogP contribution in [0.5, 0.6) is 5.75 Å². The molecule has 1 fully saturated rings. The van der Waals surface area contributed by atoms with Crippen LogP contribution >= 0.6 is 0 Å². The maximum absolute atomic E-state index is 13.1. The van der Waals surface area contributed by atoms with Crippen molar-refractivity contribution in [2.45, 2.75) is 13.0 Å². The molecule has 0 bridgehead atoms. The molecule has 0 unspecified atom stereocenters. The predicted molar refractivity (Wildman–Crippen MR) is 100 cm³/mol. The Balaban J connectivity index is 1.56. The summed E-state index contributed by atoms with van der Waals surface area (Å²) in [5.74, 6) is 0.420. The third-order valence-electron chi connectivity index (χ3n) is 4.97. The van der Waals surface area contributed by atoms with Crippen molar-refractivity contribution in [3.05, 3.63) is 54.3 Å². The second kappa shape index (κ2) is 8.19. The SMILES string of the molecule is COc1ccccc1NC(=O)[C@@H](C)[NH+]1CCN(c2ccc(F)cc2)CC1. The number of rotatable bonds is 5. The van der Waals surface area contributed by atoms with Crippen LogP contribution in [0.4, 0.5) is 15.8 Å². The van der Waals surface area contributed by atoms with Crippen LogP contribution in [0.1, 0.15) is 6.92 Å². The second-order valence-corrected chi connectivity index (χ2v) is 6.53. The lowest BCUT2D eigenvalue weighted by Crippen LogP contribution is -3.19. The van der Waals surface area contributed by atoms with Gasteiger partial charge >= 0.3 is 0 Å². The minimum atomic E-state index is -0.223. The van der Waals surface area contributed by atoms with E-state index >= 15 is 0 Å². The molecular formula is C20H25FN3O2+. The van der Waals surface area contributed by atoms with Crippen molar-refractivity contribution in [1.82, 2.24) is 0 Å². The lowest BCUT2D eigenvalue weighted by atomic mass is 10.2. The van der Waals surface area contributed by atoms with E-state index in [1.54, 1.807) is 19.2 Å². The molecule has 0 spiro atoms. The summed E-state index contributed by atoms with van der Waals surface area (Å²) in [7, 11) is 1.59. The Morgan fingerprint density at radius 3 is 2.46 bits per heavy atom. The third kappa shape index (κ3) is 4.14. The fourth-order valence-corrected chi connectivity index (χ4v) is 3.31. The number of hydrogen-bond acceptors (Lipinski definition) is 3. The summed E-state index contributed by atoms with van der Waals surface area (Å²) in [6.45, 7) is 5.35. The van der Waals surface area contributed by atoms with Gasteiger partial charge in [-0.3, -0.25) is 4.79 Å². The summed E-state index contributed by atoms with van der Waals surface area (Å²) >= 11 is 0. The minimum absolute atomic E-state index is 0.0141. The molecule has 26 heavy (non-hydrogen) atoms. The van der Waals surface area contributed by atoms with E-state index in [0.29, 0.717) is 11.4 Å². The first-order valence-corrected chi connectivity index (χ1v) is 8.87. The predicted octanol–water partition coefficient (Wildman–Crippen LogP) is 1.57. The molecule has 2 N–H and O–H groups in total. The Labute approximate surface area is 153 Å². The van der Waals surface area contributed by atoms with Crippen LogP contribution in [0.2, 0.25) is 0 Å². The number of hydrogen-bond donors (Lipinski definition) is 2. The Hall–Kier alpha value is -2.60. The normalized spacial score (nSPS) is 16.2. The second-order valence-electron chi connectivity index (χ2n) is 6.53. The van der Waals surface area contributed by atoms with Crippen molar-refractivity contribution in [2.75, 3.05) is 43.5 Å². The first kappa shape index (κ1) is 18.2. The van der Waals surface area contributed by atoms with Crippen molar-refractivity contribution < 1.29 is 18.8 Å². The van der Waals surface area contributed by atoms with E-state index in [0.717, 1.165) is 31.9 Å². The van der Waals surface area contributed by atoms with E-state index < -0.39 is 0 Å². The van der Waals surface area contributed by atoms with Crippen molar-refractivity contribution >= 4 is 17.3 Å². The van der Waals surface area contributed by atoms with Crippen LogP contribution in [0.25, 0.3) is 0 Å². The number of benzene rings is 2. The van der Waals surface area contributed by atoms with Crippen molar-refractivity contribution in [1.29, 1.82) is 0 Å². The molecule has 1 amide bonds. The lowest BCUT2D eigenvalue weighted by molar-refractivity contribution is -0.914. The largest absolute Gasteiger partial charge is 0.495 e. The van der Waals surface area contributed by atoms with Gasteiger partial charge in [0.05, 0.1) is 39.0 Å². The molecule has 0 radical (unpaired) electrons. The highest BCUT2D eigenvalue weighted by molar-refractivity contribution is 5.94. The Bertz CT molecular complexity index is 743. The van der Waals surface area contributed by atoms with Gasteiger partial charge in [0.15, 0.2) is 6.04 Å². The summed E-state index contributed by atoms with van der Waals surface area (Å²) in [5.41, 5.74) is 1.72. The molecule has 1 aliphatic heterocycles. The molecule has 5 nitrogen and oxygen atoms in total. The van der Waals surface area contributed by atoms with Gasteiger partial charge < -0.3 is 19.9 Å². The highest BCUT2D eigenvalue weighted by Crippen LogP contribution is 2.23. The van der Waals surface area contributed by atoms with Gasteiger partial charge in [-0.05, 0) is 43.3 Å². The van der Waals surface area contributed by atoms with Crippen molar-refractivity contribution in [3.63, 3.8) is 0 Å². The van der Waals surface area contributed by atoms with Crippen LogP contribution in [-0.2, 0) is 4.79 Å². The molecule has 1 saturated heterocycles. The van der Waals surface area contributed by atoms with Crippen LogP contribution in [0.3, 0.4) is 0 Å². The molecule has 1 heterocycles. The number of nitrogens with zero attached hydrogens (tertiary/aromatic N) is 1. The average molecular weight is 358 g/mol. The molecule has 0 aliphatic carbocycles. The molecule has 138 valence electrons. The summed E-state index contributed by atoms with van der Waals surface area (Å²) < 4.78 is 18.4. The number of ether oxygens (including phenoxy) is 1. The van der Waals surface area contributed by atoms with Gasteiger partial charge in [0.25, 0.3) is 5.91 Å². The molecule has 1 atom stereocenters. The topological polar surface area (TPSA) is 46.0 Å². The fourth-order valence-electron chi connectivity index (χ4n) is 3.31. The van der Waals surface area contributed by atoms with Gasteiger partial charge in [0.1, 0.15) is 11.6 Å². The molecule has 2 aromatic rings. The van der Waals surface area contributed by atoms with E-state index in [1.807, 2.05) is 31.2 Å². The first-order chi connectivity index (χ1) is 12.6. The van der Waals surface area contributed by atoms with Gasteiger partial charge in [0, 0.05) is 5.69 Å². The van der Waals surface area contributed by atoms with Gasteiger partial charge in [-0.2, -0.15) is 0 Å². The number of carbonyl (C=O) groups excluding carboxylic acids is 1. The number of piperazine rings is 1. The smallest absolute Gasteiger partial charge is 0.282 e. The standard InChI is InChI=1S/C20H24FN3O2/c1-15(20(25)22-18-5-3-4-6-19(18)26-2)23-11-13-24(14-12-23)17-9-7-16(21)8-10-17/h3-10,15H,11-14H2,1-2H3,(H,22,25)/p+1/t15-/m1/s1. The number of quaternary nitrogens is 1. The quantitative estimate of drug-likeness (QED) is 0.853. The first-order valence-electron chi connectivity index (χ1n) is 8.87. The van der Waals surface area contributed by atoms with Gasteiger partial charge in [-0.1, -0.05) is 12.1 Å². The Kier molecular flexibility index (Phi) is 5.73. The molecule has 0 saturated carbocycles. The number of anilines is 2. The molecule has 2 aromatic carbocycles. The highest BCUT2D eigenvalue weighted by Gasteiger charge is 2.29. The maximum atomic E-state index is 13.1. The minimum Gasteiger partial charge on any atom is -0.495 e. The molecule has 3 rings (SSSR count). The van der Waals surface area contributed by atoms with E-state index in [2.05, 4.69) is 10.2 Å². The number of nitrogens with one attached hydrogen (secondary N) is 2. The van der Waals surface area contributed by atoms with Crippen molar-refractivity contribution in [2.24, 2.45) is 0 Å². The summed E-state index contributed by atoms with van der Waals surface area (Å²) in [5, 5.41) is 2.97. The third-order valence-corrected chi connectivity index (χ3v) is 4.97. The molecule has 1 aliphatic rings. The van der Waals surface area contributed by atoms with E-state index in [9.17, 15) is 9.18 Å². The van der Waals surface area contributed by atoms with Crippen LogP contribution in [-0.4, -0.2) is 45.2 Å². The van der Waals surface area contributed by atoms with Crippen molar-refractivity contribution in [3.8, 4) is 5.75 Å². The van der Waals surface area contributed by atoms with E-state index in [1.165, 1.54) is 17.0 Å². The fraction of sp³-hybridized carbons (Fsp3) is 0.350. The summed E-state index contributed by atoms with van der Waals surface area (Å²) in [4.78, 5) is 16.1. The number of carbonyl (C=O) groups is 1. The average Bonchev–Trinajstić information content (AvgIpc) is 2.68. The van der Waals surface area contributed by atoms with E-state index in [-0.39, 0.29) is 17.8 Å². The molecular weight excluding hydrogens is 333 g/mol. The zero-order valence-corrected chi connectivity index (χ0v) is 15.2. The summed E-state index contributed by atoms with van der Waals surface area (Å²) in [6, 6.07) is 13.8. The van der Waals surface area contributed by atoms with E-state index in [4.69, 9.17) is 4.74 Å². The Morgan fingerprint density at radius 1 is 1.15 bits per heavy atom. The monoisotopic (exact) mass is 358 g/mol. The van der Waals surface area contributed by atoms with Crippen LogP contribution in [0, 0.1) is 5.82 Å².